The molecule has 1 atom stereocenters. The lowest BCUT2D eigenvalue weighted by atomic mass is 9.98. The van der Waals surface area contributed by atoms with Crippen LogP contribution in [0.15, 0.2) is 54.6 Å². The molecule has 3 rings (SSSR count). The lowest BCUT2D eigenvalue weighted by molar-refractivity contribution is -0.161. The Morgan fingerprint density at radius 1 is 0.963 bits per heavy atom. The summed E-state index contributed by atoms with van der Waals surface area (Å²) in [5.41, 5.74) is 2.19. The van der Waals surface area contributed by atoms with E-state index in [1.807, 2.05) is 30.3 Å². The van der Waals surface area contributed by atoms with Crippen LogP contribution in [-0.2, 0) is 20.7 Å². The molecule has 1 aliphatic rings. The average Bonchev–Trinajstić information content (AvgIpc) is 2.73. The van der Waals surface area contributed by atoms with E-state index in [1.165, 1.54) is 6.42 Å². The zero-order chi connectivity index (χ0) is 19.1. The number of hydrogen-bond donors (Lipinski definition) is 0. The van der Waals surface area contributed by atoms with Crippen LogP contribution in [0, 0.1) is 0 Å². The fourth-order valence-corrected chi connectivity index (χ4v) is 3.34. The van der Waals surface area contributed by atoms with E-state index in [1.54, 1.807) is 24.3 Å². The van der Waals surface area contributed by atoms with Crippen LogP contribution < -0.4 is 0 Å². The fourth-order valence-electron chi connectivity index (χ4n) is 3.34. The summed E-state index contributed by atoms with van der Waals surface area (Å²) in [6, 6.07) is 16.3. The standard InChI is InChI=1S/C23H26O4/c1-2-17-13-15-19(16-14-17)22(24)27-21(18-9-5-3-6-10-18)23(25)26-20-11-7-4-8-12-20/h3,5-6,9-10,13-16,20-21H,2,4,7-8,11-12H2,1H3. The molecule has 2 aromatic carbocycles. The Balaban J connectivity index is 1.74. The van der Waals surface area contributed by atoms with Crippen LogP contribution in [-0.4, -0.2) is 18.0 Å². The molecule has 0 aromatic heterocycles. The molecule has 27 heavy (non-hydrogen) atoms. The smallest absolute Gasteiger partial charge is 0.352 e. The van der Waals surface area contributed by atoms with Gasteiger partial charge in [0.25, 0.3) is 0 Å². The Morgan fingerprint density at radius 3 is 2.26 bits per heavy atom. The lowest BCUT2D eigenvalue weighted by Gasteiger charge is -2.24. The zero-order valence-corrected chi connectivity index (χ0v) is 15.7. The molecule has 0 saturated heterocycles. The van der Waals surface area contributed by atoms with Crippen molar-refractivity contribution in [3.05, 3.63) is 71.3 Å². The van der Waals surface area contributed by atoms with Crippen molar-refractivity contribution in [3.8, 4) is 0 Å². The molecule has 4 nitrogen and oxygen atoms in total. The molecule has 0 bridgehead atoms. The Bertz CT molecular complexity index is 746. The molecule has 0 aliphatic heterocycles. The number of benzene rings is 2. The number of hydrogen-bond acceptors (Lipinski definition) is 4. The first-order valence-corrected chi connectivity index (χ1v) is 9.72. The monoisotopic (exact) mass is 366 g/mol. The zero-order valence-electron chi connectivity index (χ0n) is 15.7. The van der Waals surface area contributed by atoms with E-state index in [0.29, 0.717) is 11.1 Å². The second-order valence-corrected chi connectivity index (χ2v) is 6.94. The van der Waals surface area contributed by atoms with Crippen LogP contribution in [0.2, 0.25) is 0 Å². The normalized spacial score (nSPS) is 15.7. The van der Waals surface area contributed by atoms with Gasteiger partial charge in [0, 0.05) is 5.56 Å². The van der Waals surface area contributed by atoms with E-state index in [4.69, 9.17) is 9.47 Å². The summed E-state index contributed by atoms with van der Waals surface area (Å²) in [5, 5.41) is 0. The van der Waals surface area contributed by atoms with Crippen molar-refractivity contribution in [1.29, 1.82) is 0 Å². The van der Waals surface area contributed by atoms with Crippen molar-refractivity contribution in [2.45, 2.75) is 57.7 Å². The van der Waals surface area contributed by atoms with Crippen molar-refractivity contribution in [1.82, 2.24) is 0 Å². The predicted molar refractivity (Wildman–Crippen MR) is 103 cm³/mol. The Kier molecular flexibility index (Phi) is 6.64. The molecule has 1 saturated carbocycles. The van der Waals surface area contributed by atoms with E-state index in [2.05, 4.69) is 6.92 Å². The van der Waals surface area contributed by atoms with E-state index in [9.17, 15) is 9.59 Å². The van der Waals surface area contributed by atoms with Gasteiger partial charge < -0.3 is 9.47 Å². The molecular formula is C23H26O4. The van der Waals surface area contributed by atoms with Gasteiger partial charge in [-0.15, -0.1) is 0 Å². The van der Waals surface area contributed by atoms with Gasteiger partial charge in [0.1, 0.15) is 6.10 Å². The van der Waals surface area contributed by atoms with Gasteiger partial charge in [0.05, 0.1) is 5.56 Å². The number of ether oxygens (including phenoxy) is 2. The van der Waals surface area contributed by atoms with E-state index < -0.39 is 18.0 Å². The minimum atomic E-state index is -1.05. The summed E-state index contributed by atoms with van der Waals surface area (Å²) in [6.45, 7) is 2.06. The van der Waals surface area contributed by atoms with Crippen molar-refractivity contribution in [2.24, 2.45) is 0 Å². The molecule has 0 N–H and O–H groups in total. The number of carbonyl (C=O) groups is 2. The Hall–Kier alpha value is -2.62. The molecule has 0 spiro atoms. The van der Waals surface area contributed by atoms with Crippen molar-refractivity contribution < 1.29 is 19.1 Å². The SMILES string of the molecule is CCc1ccc(C(=O)OC(C(=O)OC2CCCCC2)c2ccccc2)cc1. The molecule has 2 aromatic rings. The van der Waals surface area contributed by atoms with E-state index in [0.717, 1.165) is 37.7 Å². The van der Waals surface area contributed by atoms with Gasteiger partial charge >= 0.3 is 11.9 Å². The molecule has 0 amide bonds. The highest BCUT2D eigenvalue weighted by molar-refractivity contribution is 5.91. The van der Waals surface area contributed by atoms with Crippen LogP contribution in [0.25, 0.3) is 0 Å². The summed E-state index contributed by atoms with van der Waals surface area (Å²) < 4.78 is 11.3. The van der Waals surface area contributed by atoms with Crippen molar-refractivity contribution in [2.75, 3.05) is 0 Å². The van der Waals surface area contributed by atoms with Crippen LogP contribution >= 0.6 is 0 Å². The van der Waals surface area contributed by atoms with Gasteiger partial charge in [-0.25, -0.2) is 9.59 Å². The quantitative estimate of drug-likeness (QED) is 0.673. The molecule has 0 heterocycles. The lowest BCUT2D eigenvalue weighted by Crippen LogP contribution is -2.27. The summed E-state index contributed by atoms with van der Waals surface area (Å²) in [7, 11) is 0. The summed E-state index contributed by atoms with van der Waals surface area (Å²) in [6.07, 6.45) is 4.83. The van der Waals surface area contributed by atoms with Crippen molar-refractivity contribution in [3.63, 3.8) is 0 Å². The summed E-state index contributed by atoms with van der Waals surface area (Å²) in [5.74, 6) is -1.02. The number of esters is 2. The number of rotatable bonds is 6. The molecule has 1 aliphatic carbocycles. The second kappa shape index (κ2) is 9.36. The summed E-state index contributed by atoms with van der Waals surface area (Å²) >= 11 is 0. The van der Waals surface area contributed by atoms with Gasteiger partial charge in [0.15, 0.2) is 0 Å². The maximum Gasteiger partial charge on any atom is 0.352 e. The van der Waals surface area contributed by atoms with Gasteiger partial charge in [0.2, 0.25) is 6.10 Å². The third kappa shape index (κ3) is 5.19. The van der Waals surface area contributed by atoms with E-state index in [-0.39, 0.29) is 6.10 Å². The highest BCUT2D eigenvalue weighted by Crippen LogP contribution is 2.26. The average molecular weight is 366 g/mol. The molecule has 1 unspecified atom stereocenters. The fraction of sp³-hybridized carbons (Fsp3) is 0.391. The van der Waals surface area contributed by atoms with Gasteiger partial charge in [-0.3, -0.25) is 0 Å². The van der Waals surface area contributed by atoms with Gasteiger partial charge in [-0.2, -0.15) is 0 Å². The Morgan fingerprint density at radius 2 is 1.63 bits per heavy atom. The largest absolute Gasteiger partial charge is 0.459 e. The molecule has 142 valence electrons. The molecular weight excluding hydrogens is 340 g/mol. The van der Waals surface area contributed by atoms with Gasteiger partial charge in [-0.05, 0) is 49.8 Å². The molecule has 0 radical (unpaired) electrons. The van der Waals surface area contributed by atoms with Crippen LogP contribution in [0.1, 0.15) is 66.6 Å². The van der Waals surface area contributed by atoms with Crippen LogP contribution in [0.3, 0.4) is 0 Å². The Labute approximate surface area is 160 Å². The third-order valence-electron chi connectivity index (χ3n) is 4.97. The maximum absolute atomic E-state index is 12.8. The minimum absolute atomic E-state index is 0.0833. The predicted octanol–water partition coefficient (Wildman–Crippen LogP) is 5.02. The minimum Gasteiger partial charge on any atom is -0.459 e. The summed E-state index contributed by atoms with van der Waals surface area (Å²) in [4.78, 5) is 25.4. The van der Waals surface area contributed by atoms with Crippen molar-refractivity contribution >= 4 is 11.9 Å². The van der Waals surface area contributed by atoms with Crippen LogP contribution in [0.5, 0.6) is 0 Å². The van der Waals surface area contributed by atoms with Gasteiger partial charge in [-0.1, -0.05) is 55.8 Å². The first-order valence-electron chi connectivity index (χ1n) is 9.72. The molecule has 4 heteroatoms. The second-order valence-electron chi connectivity index (χ2n) is 6.94. The topological polar surface area (TPSA) is 52.6 Å². The molecule has 1 fully saturated rings. The maximum atomic E-state index is 12.8. The number of aryl methyl sites for hydroxylation is 1. The van der Waals surface area contributed by atoms with Crippen LogP contribution in [0.4, 0.5) is 0 Å². The highest BCUT2D eigenvalue weighted by atomic mass is 16.6. The first-order chi connectivity index (χ1) is 13.2. The van der Waals surface area contributed by atoms with E-state index >= 15 is 0 Å². The number of carbonyl (C=O) groups excluding carboxylic acids is 2. The highest BCUT2D eigenvalue weighted by Gasteiger charge is 2.29. The third-order valence-corrected chi connectivity index (χ3v) is 4.97. The first kappa shape index (κ1) is 19.2.